The van der Waals surface area contributed by atoms with E-state index in [0.29, 0.717) is 25.3 Å². The molecule has 1 aromatic heterocycles. The Bertz CT molecular complexity index is 882. The van der Waals surface area contributed by atoms with E-state index in [-0.39, 0.29) is 6.54 Å². The Morgan fingerprint density at radius 3 is 2.45 bits per heavy atom. The maximum absolute atomic E-state index is 13.1. The van der Waals surface area contributed by atoms with E-state index < -0.39 is 29.2 Å². The summed E-state index contributed by atoms with van der Waals surface area (Å²) in [6.45, 7) is 6.28. The topological polar surface area (TPSA) is 78.0 Å². The Morgan fingerprint density at radius 2 is 1.84 bits per heavy atom. The number of ether oxygens (including phenoxy) is 3. The third-order valence-electron chi connectivity index (χ3n) is 5.33. The quantitative estimate of drug-likeness (QED) is 0.678. The molecule has 1 aliphatic heterocycles. The number of pyridine rings is 1. The molecular weight excluding hydrogens is 396 g/mol. The van der Waals surface area contributed by atoms with Crippen LogP contribution in [0, 0.1) is 0 Å². The van der Waals surface area contributed by atoms with Crippen molar-refractivity contribution in [3.63, 3.8) is 0 Å². The van der Waals surface area contributed by atoms with Crippen LogP contribution >= 0.6 is 0 Å². The molecule has 3 rings (SSSR count). The van der Waals surface area contributed by atoms with Crippen molar-refractivity contribution in [3.05, 3.63) is 66.0 Å². The lowest BCUT2D eigenvalue weighted by molar-refractivity contribution is -0.161. The monoisotopic (exact) mass is 426 g/mol. The number of aromatic nitrogens is 1. The number of amides is 1. The molecule has 31 heavy (non-hydrogen) atoms. The molecule has 0 aliphatic carbocycles. The number of methoxy groups -OCH3 is 1. The minimum atomic E-state index is -1.12. The zero-order chi connectivity index (χ0) is 22.5. The molecule has 166 valence electrons. The van der Waals surface area contributed by atoms with Gasteiger partial charge in [0.25, 0.3) is 0 Å². The number of rotatable bonds is 5. The second-order valence-corrected chi connectivity index (χ2v) is 8.64. The van der Waals surface area contributed by atoms with Gasteiger partial charge in [-0.05, 0) is 44.9 Å². The molecule has 7 heteroatoms. The van der Waals surface area contributed by atoms with Crippen LogP contribution in [0.2, 0.25) is 0 Å². The van der Waals surface area contributed by atoms with Crippen LogP contribution in [0.25, 0.3) is 0 Å². The van der Waals surface area contributed by atoms with E-state index in [2.05, 4.69) is 4.98 Å². The lowest BCUT2D eigenvalue weighted by Crippen LogP contribution is -2.60. The Morgan fingerprint density at radius 1 is 1.13 bits per heavy atom. The third-order valence-corrected chi connectivity index (χ3v) is 5.33. The summed E-state index contributed by atoms with van der Waals surface area (Å²) in [6.07, 6.45) is 0.876. The Balaban J connectivity index is 1.94. The smallest absolute Gasteiger partial charge is 0.410 e. The van der Waals surface area contributed by atoms with Crippen LogP contribution in [0.15, 0.2) is 54.7 Å². The number of esters is 1. The maximum Gasteiger partial charge on any atom is 0.410 e. The molecule has 2 atom stereocenters. The van der Waals surface area contributed by atoms with Crippen LogP contribution < -0.4 is 0 Å². The molecule has 7 nitrogen and oxygen atoms in total. The van der Waals surface area contributed by atoms with Crippen molar-refractivity contribution < 1.29 is 23.8 Å². The summed E-state index contributed by atoms with van der Waals surface area (Å²) in [4.78, 5) is 31.9. The van der Waals surface area contributed by atoms with Gasteiger partial charge in [0, 0.05) is 12.7 Å². The number of nitrogens with zero attached hydrogens (tertiary/aromatic N) is 2. The van der Waals surface area contributed by atoms with E-state index in [1.165, 1.54) is 7.11 Å². The molecular formula is C24H30N2O5. The van der Waals surface area contributed by atoms with E-state index in [0.717, 1.165) is 5.56 Å². The Hall–Kier alpha value is -2.93. The molecule has 0 radical (unpaired) electrons. The zero-order valence-electron chi connectivity index (χ0n) is 18.5. The van der Waals surface area contributed by atoms with Crippen LogP contribution in [0.4, 0.5) is 4.79 Å². The number of benzene rings is 1. The number of carbonyl (C=O) groups excluding carboxylic acids is 2. The first-order chi connectivity index (χ1) is 14.8. The number of carbonyl (C=O) groups is 2. The highest BCUT2D eigenvalue weighted by molar-refractivity contribution is 5.84. The van der Waals surface area contributed by atoms with Crippen molar-refractivity contribution in [2.24, 2.45) is 0 Å². The van der Waals surface area contributed by atoms with Crippen LogP contribution in [-0.4, -0.2) is 53.9 Å². The SMILES string of the molecule is COC(=O)C1(c2ccccn2)CCN(C(=O)OC(C)(C)C)CC1OCc1ccccc1. The summed E-state index contributed by atoms with van der Waals surface area (Å²) in [6, 6.07) is 15.1. The van der Waals surface area contributed by atoms with Crippen molar-refractivity contribution in [3.8, 4) is 0 Å². The molecule has 1 fully saturated rings. The highest BCUT2D eigenvalue weighted by Crippen LogP contribution is 2.38. The molecule has 0 spiro atoms. The summed E-state index contributed by atoms with van der Waals surface area (Å²) in [5, 5.41) is 0. The fourth-order valence-electron chi connectivity index (χ4n) is 3.82. The standard InChI is InChI=1S/C24H30N2O5/c1-23(2,3)31-22(28)26-15-13-24(21(27)29-4,19-12-8-9-14-25-19)20(16-26)30-17-18-10-6-5-7-11-18/h5-12,14,20H,13,15-17H2,1-4H3. The minimum absolute atomic E-state index is 0.188. The molecule has 2 unspecified atom stereocenters. The molecule has 0 saturated carbocycles. The van der Waals surface area contributed by atoms with Crippen LogP contribution in [-0.2, 0) is 31.0 Å². The third kappa shape index (κ3) is 5.22. The van der Waals surface area contributed by atoms with Crippen molar-refractivity contribution >= 4 is 12.1 Å². The van der Waals surface area contributed by atoms with Gasteiger partial charge >= 0.3 is 12.1 Å². The molecule has 1 aromatic carbocycles. The fourth-order valence-corrected chi connectivity index (χ4v) is 3.82. The van der Waals surface area contributed by atoms with Crippen molar-refractivity contribution in [2.45, 2.75) is 50.9 Å². The molecule has 1 saturated heterocycles. The van der Waals surface area contributed by atoms with Gasteiger partial charge in [-0.2, -0.15) is 0 Å². The van der Waals surface area contributed by atoms with E-state index in [1.807, 2.05) is 57.2 Å². The molecule has 2 heterocycles. The van der Waals surface area contributed by atoms with Gasteiger partial charge in [0.05, 0.1) is 32.1 Å². The van der Waals surface area contributed by atoms with Crippen molar-refractivity contribution in [1.82, 2.24) is 9.88 Å². The number of piperidine rings is 1. The van der Waals surface area contributed by atoms with Gasteiger partial charge in [0.2, 0.25) is 0 Å². The minimum Gasteiger partial charge on any atom is -0.468 e. The largest absolute Gasteiger partial charge is 0.468 e. The summed E-state index contributed by atoms with van der Waals surface area (Å²) in [5.74, 6) is -0.423. The van der Waals surface area contributed by atoms with Gasteiger partial charge in [-0.3, -0.25) is 9.78 Å². The van der Waals surface area contributed by atoms with Crippen LogP contribution in [0.1, 0.15) is 38.4 Å². The van der Waals surface area contributed by atoms with E-state index in [9.17, 15) is 9.59 Å². The van der Waals surface area contributed by atoms with Gasteiger partial charge in [0.15, 0.2) is 0 Å². The second-order valence-electron chi connectivity index (χ2n) is 8.64. The first kappa shape index (κ1) is 22.7. The van der Waals surface area contributed by atoms with Gasteiger partial charge in [0.1, 0.15) is 11.0 Å². The highest BCUT2D eigenvalue weighted by atomic mass is 16.6. The number of hydrogen-bond donors (Lipinski definition) is 0. The van der Waals surface area contributed by atoms with Gasteiger partial charge in [-0.1, -0.05) is 36.4 Å². The number of hydrogen-bond acceptors (Lipinski definition) is 6. The van der Waals surface area contributed by atoms with E-state index >= 15 is 0 Å². The van der Waals surface area contributed by atoms with Gasteiger partial charge in [-0.25, -0.2) is 4.79 Å². The van der Waals surface area contributed by atoms with Crippen molar-refractivity contribution in [1.29, 1.82) is 0 Å². The number of likely N-dealkylation sites (tertiary alicyclic amines) is 1. The predicted octanol–water partition coefficient (Wildman–Crippen LogP) is 3.72. The van der Waals surface area contributed by atoms with Crippen LogP contribution in [0.5, 0.6) is 0 Å². The first-order valence-corrected chi connectivity index (χ1v) is 10.4. The van der Waals surface area contributed by atoms with Gasteiger partial charge in [-0.15, -0.1) is 0 Å². The summed E-state index contributed by atoms with van der Waals surface area (Å²) >= 11 is 0. The molecule has 1 aliphatic rings. The summed E-state index contributed by atoms with van der Waals surface area (Å²) < 4.78 is 17.0. The van der Waals surface area contributed by atoms with Crippen molar-refractivity contribution in [2.75, 3.05) is 20.2 Å². The maximum atomic E-state index is 13.1. The normalized spacial score (nSPS) is 21.4. The molecule has 0 N–H and O–H groups in total. The lowest BCUT2D eigenvalue weighted by Gasteiger charge is -2.45. The van der Waals surface area contributed by atoms with Crippen LogP contribution in [0.3, 0.4) is 0 Å². The zero-order valence-corrected chi connectivity index (χ0v) is 18.5. The van der Waals surface area contributed by atoms with Gasteiger partial charge < -0.3 is 19.1 Å². The highest BCUT2D eigenvalue weighted by Gasteiger charge is 2.54. The summed E-state index contributed by atoms with van der Waals surface area (Å²) in [5.41, 5.74) is -0.195. The lowest BCUT2D eigenvalue weighted by atomic mass is 9.73. The van der Waals surface area contributed by atoms with E-state index in [1.54, 1.807) is 23.2 Å². The average molecular weight is 427 g/mol. The Kier molecular flexibility index (Phi) is 6.95. The molecule has 1 amide bonds. The predicted molar refractivity (Wildman–Crippen MR) is 115 cm³/mol. The fraction of sp³-hybridized carbons (Fsp3) is 0.458. The Labute approximate surface area is 183 Å². The molecule has 2 aromatic rings. The van der Waals surface area contributed by atoms with E-state index in [4.69, 9.17) is 14.2 Å². The second kappa shape index (κ2) is 9.47. The molecule has 0 bridgehead atoms. The first-order valence-electron chi connectivity index (χ1n) is 10.4. The average Bonchev–Trinajstić information content (AvgIpc) is 2.77. The summed E-state index contributed by atoms with van der Waals surface area (Å²) in [7, 11) is 1.36.